The zero-order chi connectivity index (χ0) is 14.9. The smallest absolute Gasteiger partial charge is 0.315 e. The Morgan fingerprint density at radius 1 is 1.55 bits per heavy atom. The summed E-state index contributed by atoms with van der Waals surface area (Å²) in [7, 11) is 1.28. The molecule has 1 aromatic rings. The van der Waals surface area contributed by atoms with Gasteiger partial charge in [-0.15, -0.1) is 0 Å². The van der Waals surface area contributed by atoms with Crippen molar-refractivity contribution in [2.45, 2.75) is 12.3 Å². The number of hydrogen-bond acceptors (Lipinski definition) is 3. The van der Waals surface area contributed by atoms with E-state index < -0.39 is 23.6 Å². The summed E-state index contributed by atoms with van der Waals surface area (Å²) < 4.78 is 18.4. The van der Waals surface area contributed by atoms with E-state index in [-0.39, 0.29) is 16.8 Å². The highest BCUT2D eigenvalue weighted by Gasteiger charge is 2.38. The van der Waals surface area contributed by atoms with Gasteiger partial charge in [0.05, 0.1) is 11.6 Å². The number of carbonyl (C=O) groups excluding carboxylic acids is 2. The van der Waals surface area contributed by atoms with Gasteiger partial charge in [0, 0.05) is 18.0 Å². The lowest BCUT2D eigenvalue weighted by molar-refractivity contribution is -0.146. The highest BCUT2D eigenvalue weighted by atomic mass is 79.9. The number of carbonyl (C=O) groups is 2. The molecule has 0 saturated carbocycles. The summed E-state index contributed by atoms with van der Waals surface area (Å²) >= 11 is 3.10. The largest absolute Gasteiger partial charge is 0.468 e. The van der Waals surface area contributed by atoms with E-state index in [1.54, 1.807) is 12.1 Å². The van der Waals surface area contributed by atoms with Crippen LogP contribution >= 0.6 is 15.9 Å². The molecule has 0 bridgehead atoms. The van der Waals surface area contributed by atoms with E-state index >= 15 is 0 Å². The third-order valence-corrected chi connectivity index (χ3v) is 3.92. The first-order chi connectivity index (χ1) is 9.43. The molecule has 0 spiro atoms. The Hall–Kier alpha value is -1.69. The van der Waals surface area contributed by atoms with Crippen LogP contribution < -0.4 is 5.32 Å². The minimum absolute atomic E-state index is 0.122. The van der Waals surface area contributed by atoms with Crippen molar-refractivity contribution in [2.24, 2.45) is 5.92 Å². The minimum Gasteiger partial charge on any atom is -0.468 e. The van der Waals surface area contributed by atoms with Gasteiger partial charge in [0.1, 0.15) is 11.7 Å². The quantitative estimate of drug-likeness (QED) is 0.841. The molecule has 1 fully saturated rings. The summed E-state index contributed by atoms with van der Waals surface area (Å²) in [5.74, 6) is -2.18. The standard InChI is InChI=1S/C14H13BrFNO3/c1-7-13(14(19)20-2)9(6-12(18)17-7)8-3-4-11(16)10(15)5-8/h3-5,9,13H,1,6H2,2H3,(H,17,18). The van der Waals surface area contributed by atoms with Gasteiger partial charge < -0.3 is 10.1 Å². The van der Waals surface area contributed by atoms with Crippen LogP contribution in [0.2, 0.25) is 0 Å². The molecule has 1 aromatic carbocycles. The lowest BCUT2D eigenvalue weighted by atomic mass is 9.79. The lowest BCUT2D eigenvalue weighted by Gasteiger charge is -2.31. The Kier molecular flexibility index (Phi) is 4.23. The van der Waals surface area contributed by atoms with Crippen LogP contribution in [0.5, 0.6) is 0 Å². The van der Waals surface area contributed by atoms with E-state index in [0.29, 0.717) is 11.3 Å². The fourth-order valence-corrected chi connectivity index (χ4v) is 2.75. The second kappa shape index (κ2) is 5.75. The van der Waals surface area contributed by atoms with Gasteiger partial charge in [-0.05, 0) is 33.6 Å². The number of methoxy groups -OCH3 is 1. The molecule has 0 aliphatic carbocycles. The van der Waals surface area contributed by atoms with Crippen molar-refractivity contribution in [1.82, 2.24) is 5.32 Å². The van der Waals surface area contributed by atoms with Crippen LogP contribution in [-0.4, -0.2) is 19.0 Å². The Balaban J connectivity index is 2.42. The Bertz CT molecular complexity index is 588. The first-order valence-corrected chi connectivity index (χ1v) is 6.74. The number of ether oxygens (including phenoxy) is 1. The Morgan fingerprint density at radius 2 is 2.25 bits per heavy atom. The molecular weight excluding hydrogens is 329 g/mol. The molecule has 20 heavy (non-hydrogen) atoms. The van der Waals surface area contributed by atoms with Crippen molar-refractivity contribution in [3.05, 3.63) is 46.3 Å². The van der Waals surface area contributed by atoms with Crippen LogP contribution in [0.3, 0.4) is 0 Å². The molecule has 2 atom stereocenters. The SMILES string of the molecule is C=C1NC(=O)CC(c2ccc(F)c(Br)c2)C1C(=O)OC. The maximum absolute atomic E-state index is 13.3. The summed E-state index contributed by atoms with van der Waals surface area (Å²) in [5, 5.41) is 2.55. The number of amides is 1. The molecule has 1 heterocycles. The second-order valence-electron chi connectivity index (χ2n) is 4.56. The van der Waals surface area contributed by atoms with Gasteiger partial charge >= 0.3 is 5.97 Å². The first-order valence-electron chi connectivity index (χ1n) is 5.95. The van der Waals surface area contributed by atoms with Gasteiger partial charge in [0.2, 0.25) is 5.91 Å². The van der Waals surface area contributed by atoms with Crippen LogP contribution in [0.15, 0.2) is 34.9 Å². The Morgan fingerprint density at radius 3 is 2.85 bits per heavy atom. The van der Waals surface area contributed by atoms with Crippen LogP contribution in [0.25, 0.3) is 0 Å². The number of benzene rings is 1. The topological polar surface area (TPSA) is 55.4 Å². The van der Waals surface area contributed by atoms with Gasteiger partial charge in [-0.1, -0.05) is 12.6 Å². The predicted octanol–water partition coefficient (Wildman–Crippen LogP) is 2.49. The van der Waals surface area contributed by atoms with Gasteiger partial charge in [0.25, 0.3) is 0 Å². The van der Waals surface area contributed by atoms with E-state index in [0.717, 1.165) is 0 Å². The summed E-state index contributed by atoms with van der Waals surface area (Å²) in [4.78, 5) is 23.6. The van der Waals surface area contributed by atoms with Crippen molar-refractivity contribution >= 4 is 27.8 Å². The molecule has 2 rings (SSSR count). The predicted molar refractivity (Wildman–Crippen MR) is 74.2 cm³/mol. The fraction of sp³-hybridized carbons (Fsp3) is 0.286. The maximum Gasteiger partial charge on any atom is 0.315 e. The van der Waals surface area contributed by atoms with E-state index in [4.69, 9.17) is 4.74 Å². The summed E-state index contributed by atoms with van der Waals surface area (Å²) in [6.07, 6.45) is 0.122. The molecule has 1 aliphatic heterocycles. The van der Waals surface area contributed by atoms with E-state index in [1.165, 1.54) is 13.2 Å². The monoisotopic (exact) mass is 341 g/mol. The van der Waals surface area contributed by atoms with Crippen molar-refractivity contribution < 1.29 is 18.7 Å². The molecule has 106 valence electrons. The van der Waals surface area contributed by atoms with Crippen LogP contribution in [-0.2, 0) is 14.3 Å². The highest BCUT2D eigenvalue weighted by molar-refractivity contribution is 9.10. The van der Waals surface area contributed by atoms with Gasteiger partial charge in [0.15, 0.2) is 0 Å². The number of hydrogen-bond donors (Lipinski definition) is 1. The molecule has 4 nitrogen and oxygen atoms in total. The molecule has 1 N–H and O–H groups in total. The normalized spacial score (nSPS) is 22.4. The molecular formula is C14H13BrFNO3. The zero-order valence-corrected chi connectivity index (χ0v) is 12.4. The number of halogens is 2. The van der Waals surface area contributed by atoms with Crippen LogP contribution in [0, 0.1) is 11.7 Å². The van der Waals surface area contributed by atoms with E-state index in [9.17, 15) is 14.0 Å². The van der Waals surface area contributed by atoms with E-state index in [2.05, 4.69) is 27.8 Å². The number of rotatable bonds is 2. The molecule has 1 saturated heterocycles. The average Bonchev–Trinajstić information content (AvgIpc) is 2.40. The van der Waals surface area contributed by atoms with Gasteiger partial charge in [-0.3, -0.25) is 9.59 Å². The average molecular weight is 342 g/mol. The lowest BCUT2D eigenvalue weighted by Crippen LogP contribution is -2.41. The third-order valence-electron chi connectivity index (χ3n) is 3.31. The number of esters is 1. The zero-order valence-electron chi connectivity index (χ0n) is 10.8. The Labute approximate surface area is 124 Å². The first kappa shape index (κ1) is 14.7. The van der Waals surface area contributed by atoms with Crippen LogP contribution in [0.4, 0.5) is 4.39 Å². The molecule has 1 aliphatic rings. The summed E-state index contributed by atoms with van der Waals surface area (Å²) in [6, 6.07) is 4.43. The fourth-order valence-electron chi connectivity index (χ4n) is 2.36. The van der Waals surface area contributed by atoms with Gasteiger partial charge in [-0.25, -0.2) is 4.39 Å². The maximum atomic E-state index is 13.3. The molecule has 2 unspecified atom stereocenters. The van der Waals surface area contributed by atoms with Crippen molar-refractivity contribution in [3.63, 3.8) is 0 Å². The number of nitrogens with one attached hydrogen (secondary N) is 1. The van der Waals surface area contributed by atoms with Crippen molar-refractivity contribution in [3.8, 4) is 0 Å². The molecule has 0 radical (unpaired) electrons. The highest BCUT2D eigenvalue weighted by Crippen LogP contribution is 2.37. The number of piperidine rings is 1. The summed E-state index contributed by atoms with van der Waals surface area (Å²) in [5.41, 5.74) is 0.989. The van der Waals surface area contributed by atoms with Crippen LogP contribution in [0.1, 0.15) is 17.9 Å². The van der Waals surface area contributed by atoms with Gasteiger partial charge in [-0.2, -0.15) is 0 Å². The van der Waals surface area contributed by atoms with E-state index in [1.807, 2.05) is 0 Å². The summed E-state index contributed by atoms with van der Waals surface area (Å²) in [6.45, 7) is 3.71. The molecule has 1 amide bonds. The molecule has 6 heteroatoms. The minimum atomic E-state index is -0.671. The molecule has 0 aromatic heterocycles. The van der Waals surface area contributed by atoms with Crippen molar-refractivity contribution in [1.29, 1.82) is 0 Å². The third kappa shape index (κ3) is 2.75. The van der Waals surface area contributed by atoms with Crippen molar-refractivity contribution in [2.75, 3.05) is 7.11 Å². The second-order valence-corrected chi connectivity index (χ2v) is 5.41.